The number of nitrogens with one attached hydrogen (secondary N) is 2. The van der Waals surface area contributed by atoms with Crippen molar-refractivity contribution in [3.8, 4) is 17.6 Å². The van der Waals surface area contributed by atoms with Crippen LogP contribution in [0.1, 0.15) is 16.7 Å². The van der Waals surface area contributed by atoms with Crippen LogP contribution in [0, 0.1) is 11.8 Å². The fourth-order valence-electron chi connectivity index (χ4n) is 2.89. The van der Waals surface area contributed by atoms with Gasteiger partial charge >= 0.3 is 12.1 Å². The molecule has 1 aromatic carbocycles. The highest BCUT2D eigenvalue weighted by Crippen LogP contribution is 2.17. The summed E-state index contributed by atoms with van der Waals surface area (Å²) < 4.78 is 37.5. The van der Waals surface area contributed by atoms with Crippen LogP contribution in [-0.2, 0) is 11.3 Å². The number of H-pyrrole nitrogens is 1. The van der Waals surface area contributed by atoms with Gasteiger partial charge in [0.25, 0.3) is 0 Å². The summed E-state index contributed by atoms with van der Waals surface area (Å²) in [6, 6.07) is 14.0. The second-order valence-electron chi connectivity index (χ2n) is 7.09. The van der Waals surface area contributed by atoms with Crippen molar-refractivity contribution in [3.05, 3.63) is 90.1 Å². The van der Waals surface area contributed by atoms with Crippen molar-refractivity contribution in [1.29, 1.82) is 0 Å². The molecule has 0 aliphatic heterocycles. The highest BCUT2D eigenvalue weighted by Gasteiger charge is 2.38. The number of fused-ring (bicyclic) bond motifs is 1. The molecule has 0 amide bonds. The van der Waals surface area contributed by atoms with Crippen LogP contribution in [0.2, 0.25) is 0 Å². The molecule has 4 rings (SSSR count). The van der Waals surface area contributed by atoms with Crippen LogP contribution in [0.25, 0.3) is 10.9 Å². The van der Waals surface area contributed by atoms with Crippen molar-refractivity contribution in [3.63, 3.8) is 0 Å². The van der Waals surface area contributed by atoms with E-state index in [-0.39, 0.29) is 0 Å². The lowest BCUT2D eigenvalue weighted by Gasteiger charge is -2.07. The Bertz CT molecular complexity index is 1310. The van der Waals surface area contributed by atoms with Gasteiger partial charge in [-0.1, -0.05) is 30.0 Å². The van der Waals surface area contributed by atoms with Gasteiger partial charge in [0.05, 0.1) is 6.20 Å². The van der Waals surface area contributed by atoms with Gasteiger partial charge in [-0.25, -0.2) is 4.79 Å². The van der Waals surface area contributed by atoms with Crippen molar-refractivity contribution in [2.24, 2.45) is 0 Å². The van der Waals surface area contributed by atoms with Gasteiger partial charge in [-0.15, -0.1) is 0 Å². The molecule has 0 bridgehead atoms. The molecule has 0 spiro atoms. The predicted molar refractivity (Wildman–Crippen MR) is 124 cm³/mol. The number of benzene rings is 1. The lowest BCUT2D eigenvalue weighted by Crippen LogP contribution is -2.21. The molecule has 180 valence electrons. The number of halogens is 3. The maximum Gasteiger partial charge on any atom is 0.490 e. The fourth-order valence-corrected chi connectivity index (χ4v) is 2.89. The highest BCUT2D eigenvalue weighted by atomic mass is 19.4. The van der Waals surface area contributed by atoms with E-state index in [1.54, 1.807) is 24.8 Å². The minimum atomic E-state index is -5.08. The van der Waals surface area contributed by atoms with E-state index in [1.165, 1.54) is 10.9 Å². The first kappa shape index (κ1) is 25.3. The number of rotatable bonds is 6. The van der Waals surface area contributed by atoms with E-state index in [0.29, 0.717) is 12.4 Å². The van der Waals surface area contributed by atoms with E-state index in [4.69, 9.17) is 14.6 Å². The number of hydrogen-bond donors (Lipinski definition) is 3. The molecule has 0 unspecified atom stereocenters. The van der Waals surface area contributed by atoms with Crippen LogP contribution >= 0.6 is 0 Å². The summed E-state index contributed by atoms with van der Waals surface area (Å²) in [5.41, 5.74) is 4.10. The number of carboxylic acid groups (broad SMARTS) is 1. The fraction of sp³-hybridized carbons (Fsp3) is 0.160. The molecule has 0 saturated heterocycles. The molecule has 3 heterocycles. The summed E-state index contributed by atoms with van der Waals surface area (Å²) in [6.45, 7) is 2.09. The lowest BCUT2D eigenvalue weighted by molar-refractivity contribution is -0.192. The van der Waals surface area contributed by atoms with E-state index in [9.17, 15) is 13.2 Å². The van der Waals surface area contributed by atoms with Gasteiger partial charge in [-0.2, -0.15) is 13.2 Å². The predicted octanol–water partition coefficient (Wildman–Crippen LogP) is 4.16. The van der Waals surface area contributed by atoms with Crippen LogP contribution < -0.4 is 10.1 Å². The number of pyridine rings is 2. The van der Waals surface area contributed by atoms with E-state index in [2.05, 4.69) is 50.3 Å². The summed E-state index contributed by atoms with van der Waals surface area (Å²) in [4.78, 5) is 20.4. The average Bonchev–Trinajstić information content (AvgIpc) is 3.26. The standard InChI is InChI=1S/C23H20N4O.C2HF3O2/c1-2-6-23-22(5-1)20(16-27-23)15-25-10-11-28-21-12-19(14-26-17-21)8-7-18-4-3-9-24-13-18;3-2(4,5)1(6)7/h1-6,9,12-14,16-17,25,27H,10-11,15H2;(H,6,7). The van der Waals surface area contributed by atoms with E-state index in [1.807, 2.05) is 30.5 Å². The molecule has 0 aliphatic rings. The van der Waals surface area contributed by atoms with Crippen LogP contribution in [0.3, 0.4) is 0 Å². The summed E-state index contributed by atoms with van der Waals surface area (Å²) >= 11 is 0. The maximum atomic E-state index is 10.6. The third-order valence-electron chi connectivity index (χ3n) is 4.51. The van der Waals surface area contributed by atoms with E-state index >= 15 is 0 Å². The number of ether oxygens (including phenoxy) is 1. The Morgan fingerprint density at radius 3 is 2.54 bits per heavy atom. The van der Waals surface area contributed by atoms with Crippen LogP contribution in [-0.4, -0.2) is 45.4 Å². The Labute approximate surface area is 199 Å². The normalized spacial score (nSPS) is 10.6. The van der Waals surface area contributed by atoms with Crippen LogP contribution in [0.4, 0.5) is 13.2 Å². The Balaban J connectivity index is 0.000000429. The van der Waals surface area contributed by atoms with Gasteiger partial charge in [-0.05, 0) is 29.8 Å². The van der Waals surface area contributed by atoms with Gasteiger partial charge in [0.1, 0.15) is 12.4 Å². The Morgan fingerprint density at radius 1 is 1.06 bits per heavy atom. The number of hydrogen-bond acceptors (Lipinski definition) is 5. The van der Waals surface area contributed by atoms with Crippen LogP contribution in [0.5, 0.6) is 5.75 Å². The monoisotopic (exact) mass is 482 g/mol. The number of carboxylic acids is 1. The minimum Gasteiger partial charge on any atom is -0.491 e. The molecule has 0 aliphatic carbocycles. The highest BCUT2D eigenvalue weighted by molar-refractivity contribution is 5.82. The lowest BCUT2D eigenvalue weighted by atomic mass is 10.2. The summed E-state index contributed by atoms with van der Waals surface area (Å²) in [5, 5.41) is 11.8. The zero-order valence-corrected chi connectivity index (χ0v) is 18.3. The van der Waals surface area contributed by atoms with Crippen molar-refractivity contribution in [1.82, 2.24) is 20.3 Å². The smallest absolute Gasteiger partial charge is 0.490 e. The second-order valence-corrected chi connectivity index (χ2v) is 7.09. The Kier molecular flexibility index (Phi) is 8.81. The third-order valence-corrected chi connectivity index (χ3v) is 4.51. The Hall–Kier alpha value is -4.36. The van der Waals surface area contributed by atoms with E-state index < -0.39 is 12.1 Å². The van der Waals surface area contributed by atoms with Gasteiger partial charge in [0.2, 0.25) is 0 Å². The molecular weight excluding hydrogens is 461 g/mol. The van der Waals surface area contributed by atoms with Crippen molar-refractivity contribution < 1.29 is 27.8 Å². The van der Waals surface area contributed by atoms with Crippen molar-refractivity contribution in [2.75, 3.05) is 13.2 Å². The molecule has 10 heteroatoms. The van der Waals surface area contributed by atoms with Gasteiger partial charge in [-0.3, -0.25) is 9.97 Å². The summed E-state index contributed by atoms with van der Waals surface area (Å²) in [6.07, 6.45) is 3.86. The molecule has 0 saturated carbocycles. The molecule has 4 aromatic rings. The first-order chi connectivity index (χ1) is 16.8. The van der Waals surface area contributed by atoms with E-state index in [0.717, 1.165) is 29.7 Å². The maximum absolute atomic E-state index is 10.6. The minimum absolute atomic E-state index is 0.559. The Morgan fingerprint density at radius 2 is 1.80 bits per heavy atom. The summed E-state index contributed by atoms with van der Waals surface area (Å²) in [7, 11) is 0. The molecule has 3 N–H and O–H groups in total. The number of nitrogens with zero attached hydrogens (tertiary/aromatic N) is 2. The van der Waals surface area contributed by atoms with Gasteiger partial charge in [0, 0.05) is 59.9 Å². The van der Waals surface area contributed by atoms with Gasteiger partial charge in [0.15, 0.2) is 0 Å². The molecule has 7 nitrogen and oxygen atoms in total. The number of aromatic amines is 1. The zero-order valence-electron chi connectivity index (χ0n) is 18.3. The number of para-hydroxylation sites is 1. The summed E-state index contributed by atoms with van der Waals surface area (Å²) in [5.74, 6) is 4.12. The molecule has 3 aromatic heterocycles. The third kappa shape index (κ3) is 8.17. The number of carbonyl (C=O) groups is 1. The number of aliphatic carboxylic acids is 1. The largest absolute Gasteiger partial charge is 0.491 e. The molecule has 35 heavy (non-hydrogen) atoms. The first-order valence-electron chi connectivity index (χ1n) is 10.4. The number of aromatic nitrogens is 3. The van der Waals surface area contributed by atoms with Crippen molar-refractivity contribution >= 4 is 16.9 Å². The van der Waals surface area contributed by atoms with Crippen molar-refractivity contribution in [2.45, 2.75) is 12.7 Å². The average molecular weight is 482 g/mol. The molecule has 0 atom stereocenters. The molecule has 0 fully saturated rings. The SMILES string of the molecule is C(#Cc1cncc(OCCNCc2c[nH]c3ccccc23)c1)c1cccnc1.O=C(O)C(F)(F)F. The quantitative estimate of drug-likeness (QED) is 0.282. The second kappa shape index (κ2) is 12.2. The number of alkyl halides is 3. The van der Waals surface area contributed by atoms with Gasteiger partial charge < -0.3 is 20.1 Å². The first-order valence-corrected chi connectivity index (χ1v) is 10.4. The zero-order chi connectivity index (χ0) is 25.1. The topological polar surface area (TPSA) is 100 Å². The molecular formula is C25H21F3N4O3. The molecule has 0 radical (unpaired) electrons. The van der Waals surface area contributed by atoms with Crippen LogP contribution in [0.15, 0.2) is 73.4 Å².